The van der Waals surface area contributed by atoms with Crippen molar-refractivity contribution < 1.29 is 9.32 Å². The minimum Gasteiger partial charge on any atom is -0.353 e. The van der Waals surface area contributed by atoms with Crippen molar-refractivity contribution in [2.75, 3.05) is 36.4 Å². The SMILES string of the molecule is Cc1ccc(NC(=O)N2CCN(c3ccc(-c4noc(C5CC5)n4)cn3)CC2)cc1. The number of hydrogen-bond donors (Lipinski definition) is 1. The number of anilines is 2. The first-order valence-corrected chi connectivity index (χ1v) is 10.3. The molecule has 30 heavy (non-hydrogen) atoms. The molecule has 0 spiro atoms. The first-order chi connectivity index (χ1) is 14.7. The fourth-order valence-corrected chi connectivity index (χ4v) is 3.53. The third-order valence-electron chi connectivity index (χ3n) is 5.57. The van der Waals surface area contributed by atoms with Crippen molar-refractivity contribution in [3.05, 3.63) is 54.0 Å². The number of carbonyl (C=O) groups excluding carboxylic acids is 1. The van der Waals surface area contributed by atoms with Gasteiger partial charge in [-0.15, -0.1) is 0 Å². The van der Waals surface area contributed by atoms with Gasteiger partial charge in [0.15, 0.2) is 0 Å². The largest absolute Gasteiger partial charge is 0.353 e. The second kappa shape index (κ2) is 7.78. The van der Waals surface area contributed by atoms with Crippen LogP contribution in [0.3, 0.4) is 0 Å². The van der Waals surface area contributed by atoms with Crippen LogP contribution in [0.25, 0.3) is 11.4 Å². The van der Waals surface area contributed by atoms with Gasteiger partial charge in [0.05, 0.1) is 0 Å². The molecule has 1 N–H and O–H groups in total. The van der Waals surface area contributed by atoms with Gasteiger partial charge in [0, 0.05) is 49.5 Å². The summed E-state index contributed by atoms with van der Waals surface area (Å²) < 4.78 is 5.33. The van der Waals surface area contributed by atoms with Crippen molar-refractivity contribution in [3.63, 3.8) is 0 Å². The maximum Gasteiger partial charge on any atom is 0.321 e. The van der Waals surface area contributed by atoms with E-state index in [9.17, 15) is 4.79 Å². The van der Waals surface area contributed by atoms with E-state index in [4.69, 9.17) is 4.52 Å². The molecule has 2 aromatic heterocycles. The van der Waals surface area contributed by atoms with E-state index < -0.39 is 0 Å². The molecule has 1 aliphatic heterocycles. The van der Waals surface area contributed by atoms with Crippen molar-refractivity contribution in [1.29, 1.82) is 0 Å². The van der Waals surface area contributed by atoms with Crippen LogP contribution < -0.4 is 10.2 Å². The van der Waals surface area contributed by atoms with Crippen LogP contribution in [0.15, 0.2) is 47.1 Å². The third kappa shape index (κ3) is 3.98. The van der Waals surface area contributed by atoms with Crippen molar-refractivity contribution in [3.8, 4) is 11.4 Å². The molecular weight excluding hydrogens is 380 g/mol. The van der Waals surface area contributed by atoms with Crippen LogP contribution >= 0.6 is 0 Å². The molecule has 1 saturated heterocycles. The highest BCUT2D eigenvalue weighted by Gasteiger charge is 2.30. The van der Waals surface area contributed by atoms with Crippen LogP contribution in [-0.2, 0) is 0 Å². The topological polar surface area (TPSA) is 87.4 Å². The van der Waals surface area contributed by atoms with Crippen LogP contribution in [0.1, 0.15) is 30.2 Å². The van der Waals surface area contributed by atoms with Gasteiger partial charge in [-0.25, -0.2) is 9.78 Å². The van der Waals surface area contributed by atoms with Crippen LogP contribution in [0, 0.1) is 6.92 Å². The maximum atomic E-state index is 12.5. The van der Waals surface area contributed by atoms with Gasteiger partial charge in [-0.3, -0.25) is 0 Å². The van der Waals surface area contributed by atoms with E-state index in [1.807, 2.05) is 48.2 Å². The molecule has 8 nitrogen and oxygen atoms in total. The number of piperazine rings is 1. The number of urea groups is 1. The van der Waals surface area contributed by atoms with E-state index >= 15 is 0 Å². The molecule has 0 atom stereocenters. The smallest absolute Gasteiger partial charge is 0.321 e. The van der Waals surface area contributed by atoms with Gasteiger partial charge < -0.3 is 19.6 Å². The molecule has 1 saturated carbocycles. The number of amides is 2. The lowest BCUT2D eigenvalue weighted by Gasteiger charge is -2.35. The molecule has 0 radical (unpaired) electrons. The van der Waals surface area contributed by atoms with Gasteiger partial charge in [-0.2, -0.15) is 4.98 Å². The zero-order valence-electron chi connectivity index (χ0n) is 16.9. The van der Waals surface area contributed by atoms with Crippen molar-refractivity contribution in [2.45, 2.75) is 25.7 Å². The Kier molecular flexibility index (Phi) is 4.82. The summed E-state index contributed by atoms with van der Waals surface area (Å²) in [6, 6.07) is 11.7. The van der Waals surface area contributed by atoms with Crippen LogP contribution in [0.2, 0.25) is 0 Å². The Morgan fingerprint density at radius 3 is 2.50 bits per heavy atom. The number of rotatable bonds is 4. The second-order valence-corrected chi connectivity index (χ2v) is 7.91. The number of aryl methyl sites for hydroxylation is 1. The lowest BCUT2D eigenvalue weighted by atomic mass is 10.2. The standard InChI is InChI=1S/C22H24N6O2/c1-15-2-7-18(8-3-15)24-22(29)28-12-10-27(11-13-28)19-9-6-17(14-23-19)20-25-21(30-26-20)16-4-5-16/h2-3,6-9,14,16H,4-5,10-13H2,1H3,(H,24,29). The Labute approximate surface area is 174 Å². The van der Waals surface area contributed by atoms with Gasteiger partial charge >= 0.3 is 6.03 Å². The number of pyridine rings is 1. The summed E-state index contributed by atoms with van der Waals surface area (Å²) in [7, 11) is 0. The third-order valence-corrected chi connectivity index (χ3v) is 5.57. The number of nitrogens with zero attached hydrogens (tertiary/aromatic N) is 5. The van der Waals surface area contributed by atoms with Crippen LogP contribution in [-0.4, -0.2) is 52.2 Å². The molecule has 1 aromatic carbocycles. The van der Waals surface area contributed by atoms with E-state index in [2.05, 4.69) is 25.3 Å². The fourth-order valence-electron chi connectivity index (χ4n) is 3.53. The predicted molar refractivity (Wildman–Crippen MR) is 113 cm³/mol. The lowest BCUT2D eigenvalue weighted by Crippen LogP contribution is -2.50. The summed E-state index contributed by atoms with van der Waals surface area (Å²) in [6.45, 7) is 4.80. The van der Waals surface area contributed by atoms with E-state index in [0.29, 0.717) is 24.8 Å². The number of carbonyl (C=O) groups is 1. The van der Waals surface area contributed by atoms with Gasteiger partial charge in [0.1, 0.15) is 5.82 Å². The minimum absolute atomic E-state index is 0.0645. The normalized spacial score (nSPS) is 16.6. The summed E-state index contributed by atoms with van der Waals surface area (Å²) in [4.78, 5) is 25.6. The Bertz CT molecular complexity index is 1020. The second-order valence-electron chi connectivity index (χ2n) is 7.91. The van der Waals surface area contributed by atoms with Crippen LogP contribution in [0.5, 0.6) is 0 Å². The predicted octanol–water partition coefficient (Wildman–Crippen LogP) is 3.67. The number of hydrogen-bond acceptors (Lipinski definition) is 6. The average molecular weight is 404 g/mol. The average Bonchev–Trinajstić information content (AvgIpc) is 3.52. The maximum absolute atomic E-state index is 12.5. The van der Waals surface area contributed by atoms with Gasteiger partial charge in [0.25, 0.3) is 0 Å². The Morgan fingerprint density at radius 2 is 1.83 bits per heavy atom. The molecular formula is C22H24N6O2. The van der Waals surface area contributed by atoms with Crippen molar-refractivity contribution >= 4 is 17.5 Å². The number of benzene rings is 1. The van der Waals surface area contributed by atoms with E-state index in [1.54, 1.807) is 6.20 Å². The molecule has 2 amide bonds. The number of aromatic nitrogens is 3. The lowest BCUT2D eigenvalue weighted by molar-refractivity contribution is 0.208. The first kappa shape index (κ1) is 18.6. The van der Waals surface area contributed by atoms with Crippen molar-refractivity contribution in [1.82, 2.24) is 20.0 Å². The minimum atomic E-state index is -0.0645. The molecule has 3 aromatic rings. The molecule has 8 heteroatoms. The molecule has 2 aliphatic rings. The quantitative estimate of drug-likeness (QED) is 0.714. The zero-order chi connectivity index (χ0) is 20.5. The highest BCUT2D eigenvalue weighted by atomic mass is 16.5. The zero-order valence-corrected chi connectivity index (χ0v) is 16.9. The van der Waals surface area contributed by atoms with Crippen LogP contribution in [0.4, 0.5) is 16.3 Å². The molecule has 0 unspecified atom stereocenters. The van der Waals surface area contributed by atoms with Gasteiger partial charge in [0.2, 0.25) is 11.7 Å². The Balaban J connectivity index is 1.17. The Morgan fingerprint density at radius 1 is 1.07 bits per heavy atom. The highest BCUT2D eigenvalue weighted by molar-refractivity contribution is 5.89. The summed E-state index contributed by atoms with van der Waals surface area (Å²) >= 11 is 0. The fraction of sp³-hybridized carbons (Fsp3) is 0.364. The molecule has 1 aliphatic carbocycles. The molecule has 3 heterocycles. The number of nitrogens with one attached hydrogen (secondary N) is 1. The van der Waals surface area contributed by atoms with E-state index in [1.165, 1.54) is 5.56 Å². The highest BCUT2D eigenvalue weighted by Crippen LogP contribution is 2.39. The van der Waals surface area contributed by atoms with E-state index in [-0.39, 0.29) is 6.03 Å². The molecule has 5 rings (SSSR count). The summed E-state index contributed by atoms with van der Waals surface area (Å²) in [5.74, 6) is 2.66. The monoisotopic (exact) mass is 404 g/mol. The summed E-state index contributed by atoms with van der Waals surface area (Å²) in [5, 5.41) is 7.03. The molecule has 2 fully saturated rings. The van der Waals surface area contributed by atoms with Gasteiger partial charge in [-0.05, 0) is 44.0 Å². The van der Waals surface area contributed by atoms with E-state index in [0.717, 1.165) is 48.9 Å². The Hall–Kier alpha value is -3.42. The first-order valence-electron chi connectivity index (χ1n) is 10.3. The molecule has 154 valence electrons. The molecule has 0 bridgehead atoms. The van der Waals surface area contributed by atoms with Gasteiger partial charge in [-0.1, -0.05) is 22.9 Å². The van der Waals surface area contributed by atoms with Crippen molar-refractivity contribution in [2.24, 2.45) is 0 Å². The summed E-state index contributed by atoms with van der Waals surface area (Å²) in [5.41, 5.74) is 2.84. The summed E-state index contributed by atoms with van der Waals surface area (Å²) in [6.07, 6.45) is 4.05.